The summed E-state index contributed by atoms with van der Waals surface area (Å²) in [5, 5.41) is 23.0. The highest BCUT2D eigenvalue weighted by molar-refractivity contribution is 5.82. The van der Waals surface area contributed by atoms with Gasteiger partial charge in [0.1, 0.15) is 0 Å². The van der Waals surface area contributed by atoms with Gasteiger partial charge in [-0.2, -0.15) is 0 Å². The first-order chi connectivity index (χ1) is 14.6. The molecule has 2 heterocycles. The molecule has 5 rings (SSSR count). The zero-order valence-electron chi connectivity index (χ0n) is 16.7. The van der Waals surface area contributed by atoms with Crippen LogP contribution in [0.3, 0.4) is 0 Å². The number of hydrogen-bond acceptors (Lipinski definition) is 3. The predicted octanol–water partition coefficient (Wildman–Crippen LogP) is 4.95. The van der Waals surface area contributed by atoms with E-state index in [9.17, 15) is 10.2 Å². The van der Waals surface area contributed by atoms with Gasteiger partial charge >= 0.3 is 5.92 Å². The van der Waals surface area contributed by atoms with Gasteiger partial charge in [0, 0.05) is 24.0 Å². The molecule has 3 aliphatic rings. The van der Waals surface area contributed by atoms with Gasteiger partial charge in [0.05, 0.1) is 5.57 Å². The fourth-order valence-corrected chi connectivity index (χ4v) is 5.20. The maximum atomic E-state index is 15.5. The molecule has 0 fully saturated rings. The average molecular weight is 434 g/mol. The summed E-state index contributed by atoms with van der Waals surface area (Å²) in [5.74, 6) is -14.1. The zero-order chi connectivity index (χ0) is 22.1. The first kappa shape index (κ1) is 20.7. The number of fused-ring (bicyclic) bond motifs is 8. The van der Waals surface area contributed by atoms with Gasteiger partial charge in [-0.15, -0.1) is 0 Å². The fraction of sp³-hybridized carbons (Fsp3) is 0.417. The summed E-state index contributed by atoms with van der Waals surface area (Å²) < 4.78 is 67.1. The van der Waals surface area contributed by atoms with Crippen LogP contribution in [0.15, 0.2) is 54.1 Å². The molecular weight excluding hydrogens is 412 g/mol. The Hall–Kier alpha value is -2.22. The van der Waals surface area contributed by atoms with Crippen LogP contribution in [0.25, 0.3) is 5.57 Å². The number of benzene rings is 2. The number of aliphatic hydroxyl groups is 2. The van der Waals surface area contributed by atoms with E-state index < -0.39 is 47.4 Å². The van der Waals surface area contributed by atoms with Crippen molar-refractivity contribution in [2.75, 3.05) is 0 Å². The minimum Gasteiger partial charge on any atom is -0.358 e. The van der Waals surface area contributed by atoms with E-state index in [1.165, 1.54) is 12.1 Å². The van der Waals surface area contributed by atoms with Crippen molar-refractivity contribution >= 4 is 5.57 Å². The highest BCUT2D eigenvalue weighted by Gasteiger charge is 2.71. The first-order valence-corrected chi connectivity index (χ1v) is 10.4. The summed E-state index contributed by atoms with van der Waals surface area (Å²) in [6.45, 7) is 0. The number of alkyl halides is 4. The molecule has 2 N–H and O–H groups in total. The summed E-state index contributed by atoms with van der Waals surface area (Å²) in [6.07, 6.45) is -1.14. The molecule has 0 amide bonds. The first-order valence-electron chi connectivity index (χ1n) is 10.4. The van der Waals surface area contributed by atoms with E-state index in [4.69, 9.17) is 4.74 Å². The lowest BCUT2D eigenvalue weighted by atomic mass is 9.77. The molecule has 2 aromatic carbocycles. The van der Waals surface area contributed by atoms with E-state index in [2.05, 4.69) is 0 Å². The van der Waals surface area contributed by atoms with Crippen molar-refractivity contribution in [3.8, 4) is 0 Å². The second kappa shape index (κ2) is 6.64. The highest BCUT2D eigenvalue weighted by atomic mass is 19.3. The SMILES string of the molecule is O[C@]12O[C@](O)(C3=C1c1ccccc1CCCC3(F)F)C(F)(F)CCCc1ccccc12. The summed E-state index contributed by atoms with van der Waals surface area (Å²) in [4.78, 5) is 0. The lowest BCUT2D eigenvalue weighted by Crippen LogP contribution is -2.54. The van der Waals surface area contributed by atoms with Crippen molar-refractivity contribution in [1.29, 1.82) is 0 Å². The molecule has 0 spiro atoms. The van der Waals surface area contributed by atoms with Crippen molar-refractivity contribution in [2.24, 2.45) is 0 Å². The Morgan fingerprint density at radius 1 is 0.774 bits per heavy atom. The molecule has 0 saturated heterocycles. The van der Waals surface area contributed by atoms with Crippen LogP contribution in [-0.4, -0.2) is 27.8 Å². The van der Waals surface area contributed by atoms with Gasteiger partial charge in [0.15, 0.2) is 0 Å². The molecule has 3 nitrogen and oxygen atoms in total. The van der Waals surface area contributed by atoms with Gasteiger partial charge in [-0.05, 0) is 42.4 Å². The number of halogens is 4. The summed E-state index contributed by atoms with van der Waals surface area (Å²) in [5.41, 5.74) is -0.249. The third kappa shape index (κ3) is 2.83. The Labute approximate surface area is 177 Å². The Bertz CT molecular complexity index is 1080. The lowest BCUT2D eigenvalue weighted by Gasteiger charge is -2.37. The molecule has 2 aromatic rings. The van der Waals surface area contributed by atoms with Gasteiger partial charge in [-0.25, -0.2) is 17.6 Å². The number of rotatable bonds is 0. The number of aryl methyl sites for hydroxylation is 2. The van der Waals surface area contributed by atoms with Crippen molar-refractivity contribution in [2.45, 2.75) is 61.9 Å². The summed E-state index contributed by atoms with van der Waals surface area (Å²) in [6, 6.07) is 13.0. The molecule has 0 saturated carbocycles. The molecule has 1 aliphatic carbocycles. The molecule has 31 heavy (non-hydrogen) atoms. The molecule has 2 bridgehead atoms. The van der Waals surface area contributed by atoms with Crippen LogP contribution >= 0.6 is 0 Å². The summed E-state index contributed by atoms with van der Waals surface area (Å²) in [7, 11) is 0. The van der Waals surface area contributed by atoms with Gasteiger partial charge < -0.3 is 10.2 Å². The molecule has 0 aromatic heterocycles. The third-order valence-corrected chi connectivity index (χ3v) is 6.63. The fourth-order valence-electron chi connectivity index (χ4n) is 5.20. The van der Waals surface area contributed by atoms with E-state index in [0.717, 1.165) is 0 Å². The van der Waals surface area contributed by atoms with Crippen molar-refractivity contribution in [3.05, 3.63) is 76.4 Å². The van der Waals surface area contributed by atoms with Crippen molar-refractivity contribution in [3.63, 3.8) is 0 Å². The maximum absolute atomic E-state index is 15.5. The standard InChI is InChI=1S/C24H22F4O3/c25-21(26)13-5-9-15-7-1-3-11-17(15)19-20(21)24(30)22(27,28)14-6-10-16-8-2-4-12-18(16)23(19,29)31-24/h1-4,7-8,11-12,29-30H,5-6,9-10,13-14H2/t23-,24-/m1/s1. The number of ether oxygens (including phenoxy) is 1. The molecule has 0 unspecified atom stereocenters. The molecule has 2 aliphatic heterocycles. The largest absolute Gasteiger partial charge is 0.358 e. The molecular formula is C24H22F4O3. The van der Waals surface area contributed by atoms with E-state index in [1.54, 1.807) is 36.4 Å². The topological polar surface area (TPSA) is 49.7 Å². The Balaban J connectivity index is 1.94. The molecule has 0 radical (unpaired) electrons. The van der Waals surface area contributed by atoms with Crippen LogP contribution in [0, 0.1) is 0 Å². The minimum absolute atomic E-state index is 0.0391. The third-order valence-electron chi connectivity index (χ3n) is 6.63. The van der Waals surface area contributed by atoms with Crippen LogP contribution in [0.5, 0.6) is 0 Å². The van der Waals surface area contributed by atoms with E-state index >= 15 is 17.6 Å². The molecule has 164 valence electrons. The Morgan fingerprint density at radius 3 is 2.16 bits per heavy atom. The monoisotopic (exact) mass is 434 g/mol. The predicted molar refractivity (Wildman–Crippen MR) is 106 cm³/mol. The second-order valence-corrected chi connectivity index (χ2v) is 8.57. The van der Waals surface area contributed by atoms with Gasteiger partial charge in [0.25, 0.3) is 11.7 Å². The number of hydrogen-bond donors (Lipinski definition) is 2. The highest BCUT2D eigenvalue weighted by Crippen LogP contribution is 2.62. The van der Waals surface area contributed by atoms with Crippen LogP contribution < -0.4 is 0 Å². The quantitative estimate of drug-likeness (QED) is 0.577. The van der Waals surface area contributed by atoms with E-state index in [-0.39, 0.29) is 36.8 Å². The van der Waals surface area contributed by atoms with Gasteiger partial charge in [0.2, 0.25) is 5.79 Å². The minimum atomic E-state index is -4.03. The molecule has 2 atom stereocenters. The van der Waals surface area contributed by atoms with Gasteiger partial charge in [-0.1, -0.05) is 48.5 Å². The van der Waals surface area contributed by atoms with Crippen LogP contribution in [-0.2, 0) is 23.4 Å². The average Bonchev–Trinajstić information content (AvgIpc) is 2.98. The van der Waals surface area contributed by atoms with Crippen LogP contribution in [0.4, 0.5) is 17.6 Å². The van der Waals surface area contributed by atoms with Crippen LogP contribution in [0.2, 0.25) is 0 Å². The maximum Gasteiger partial charge on any atom is 0.305 e. The normalized spacial score (nSPS) is 31.3. The van der Waals surface area contributed by atoms with E-state index in [0.29, 0.717) is 11.1 Å². The van der Waals surface area contributed by atoms with Crippen molar-refractivity contribution in [1.82, 2.24) is 0 Å². The van der Waals surface area contributed by atoms with Gasteiger partial charge in [-0.3, -0.25) is 4.74 Å². The van der Waals surface area contributed by atoms with Crippen LogP contribution in [0.1, 0.15) is 47.9 Å². The smallest absolute Gasteiger partial charge is 0.305 e. The van der Waals surface area contributed by atoms with Crippen molar-refractivity contribution < 1.29 is 32.5 Å². The molecule has 7 heteroatoms. The Kier molecular flexibility index (Phi) is 4.43. The summed E-state index contributed by atoms with van der Waals surface area (Å²) >= 11 is 0. The zero-order valence-corrected chi connectivity index (χ0v) is 16.7. The second-order valence-electron chi connectivity index (χ2n) is 8.57. The van der Waals surface area contributed by atoms with E-state index in [1.807, 2.05) is 0 Å². The Morgan fingerprint density at radius 2 is 1.39 bits per heavy atom. The lowest BCUT2D eigenvalue weighted by molar-refractivity contribution is -0.358.